The smallest absolute Gasteiger partial charge is 0.111 e. The Bertz CT molecular complexity index is 566. The maximum Gasteiger partial charge on any atom is 0.111 e. The number of aromatic nitrogens is 2. The first-order chi connectivity index (χ1) is 8.29. The standard InChI is InChI=1S/C14H20ClN3/c1-14(2,3)12(16)8-13-17-10-6-5-9(15)7-11(10)18(13)4/h5-7,12H,8,16H2,1-4H3. The lowest BCUT2D eigenvalue weighted by molar-refractivity contribution is 0.313. The first-order valence-electron chi connectivity index (χ1n) is 6.15. The summed E-state index contributed by atoms with van der Waals surface area (Å²) >= 11 is 6.01. The van der Waals surface area contributed by atoms with Crippen molar-refractivity contribution in [2.75, 3.05) is 0 Å². The topological polar surface area (TPSA) is 43.8 Å². The van der Waals surface area contributed by atoms with Gasteiger partial charge in [-0.2, -0.15) is 0 Å². The molecule has 0 radical (unpaired) electrons. The Balaban J connectivity index is 2.38. The normalized spacial score (nSPS) is 14.1. The summed E-state index contributed by atoms with van der Waals surface area (Å²) in [6, 6.07) is 5.84. The summed E-state index contributed by atoms with van der Waals surface area (Å²) < 4.78 is 2.08. The third-order valence-electron chi connectivity index (χ3n) is 3.45. The van der Waals surface area contributed by atoms with Crippen LogP contribution in [0.3, 0.4) is 0 Å². The molecule has 1 aromatic carbocycles. The number of imidazole rings is 1. The van der Waals surface area contributed by atoms with E-state index in [1.807, 2.05) is 25.2 Å². The van der Waals surface area contributed by atoms with Crippen LogP contribution in [0.5, 0.6) is 0 Å². The summed E-state index contributed by atoms with van der Waals surface area (Å²) in [6.07, 6.45) is 0.770. The Morgan fingerprint density at radius 1 is 1.39 bits per heavy atom. The molecular formula is C14H20ClN3. The van der Waals surface area contributed by atoms with E-state index in [1.165, 1.54) is 0 Å². The van der Waals surface area contributed by atoms with Crippen LogP contribution >= 0.6 is 11.6 Å². The van der Waals surface area contributed by atoms with Gasteiger partial charge in [0.05, 0.1) is 11.0 Å². The molecule has 0 fully saturated rings. The van der Waals surface area contributed by atoms with Gasteiger partial charge in [0.1, 0.15) is 5.82 Å². The minimum atomic E-state index is 0.0791. The van der Waals surface area contributed by atoms with Crippen molar-refractivity contribution < 1.29 is 0 Å². The van der Waals surface area contributed by atoms with Crippen molar-refractivity contribution in [3.8, 4) is 0 Å². The van der Waals surface area contributed by atoms with Crippen LogP contribution < -0.4 is 5.73 Å². The summed E-state index contributed by atoms with van der Waals surface area (Å²) in [5.74, 6) is 1.01. The Kier molecular flexibility index (Phi) is 3.39. The number of aryl methyl sites for hydroxylation is 1. The van der Waals surface area contributed by atoms with Gasteiger partial charge in [0.15, 0.2) is 0 Å². The van der Waals surface area contributed by atoms with Crippen LogP contribution in [-0.4, -0.2) is 15.6 Å². The van der Waals surface area contributed by atoms with Crippen molar-refractivity contribution >= 4 is 22.6 Å². The Morgan fingerprint density at radius 2 is 2.06 bits per heavy atom. The lowest BCUT2D eigenvalue weighted by atomic mass is 9.85. The predicted molar refractivity (Wildman–Crippen MR) is 76.9 cm³/mol. The van der Waals surface area contributed by atoms with Gasteiger partial charge in [-0.3, -0.25) is 0 Å². The minimum Gasteiger partial charge on any atom is -0.331 e. The molecule has 0 saturated carbocycles. The van der Waals surface area contributed by atoms with Crippen LogP contribution in [0.15, 0.2) is 18.2 Å². The highest BCUT2D eigenvalue weighted by molar-refractivity contribution is 6.31. The van der Waals surface area contributed by atoms with Gasteiger partial charge >= 0.3 is 0 Å². The molecule has 0 saturated heterocycles. The minimum absolute atomic E-state index is 0.0791. The van der Waals surface area contributed by atoms with Gasteiger partial charge in [-0.15, -0.1) is 0 Å². The number of hydrogen-bond donors (Lipinski definition) is 1. The van der Waals surface area contributed by atoms with Crippen molar-refractivity contribution in [3.05, 3.63) is 29.0 Å². The molecule has 98 valence electrons. The maximum absolute atomic E-state index is 6.22. The van der Waals surface area contributed by atoms with E-state index in [0.29, 0.717) is 0 Å². The van der Waals surface area contributed by atoms with Crippen LogP contribution in [0, 0.1) is 5.41 Å². The number of fused-ring (bicyclic) bond motifs is 1. The summed E-state index contributed by atoms with van der Waals surface area (Å²) in [5.41, 5.74) is 8.33. The average molecular weight is 266 g/mol. The van der Waals surface area contributed by atoms with Crippen LogP contribution in [-0.2, 0) is 13.5 Å². The van der Waals surface area contributed by atoms with Crippen molar-refractivity contribution in [2.45, 2.75) is 33.2 Å². The number of hydrogen-bond acceptors (Lipinski definition) is 2. The van der Waals surface area contributed by atoms with E-state index < -0.39 is 0 Å². The fourth-order valence-electron chi connectivity index (χ4n) is 1.90. The van der Waals surface area contributed by atoms with E-state index in [-0.39, 0.29) is 11.5 Å². The fraction of sp³-hybridized carbons (Fsp3) is 0.500. The first kappa shape index (κ1) is 13.4. The summed E-state index contributed by atoms with van der Waals surface area (Å²) in [7, 11) is 2.01. The second-order valence-corrected chi connectivity index (χ2v) is 6.33. The number of halogens is 1. The van der Waals surface area contributed by atoms with Crippen molar-refractivity contribution in [3.63, 3.8) is 0 Å². The molecule has 18 heavy (non-hydrogen) atoms. The molecule has 3 nitrogen and oxygen atoms in total. The van der Waals surface area contributed by atoms with E-state index in [1.54, 1.807) is 0 Å². The molecular weight excluding hydrogens is 246 g/mol. The summed E-state index contributed by atoms with van der Waals surface area (Å²) in [5, 5.41) is 0.733. The molecule has 0 amide bonds. The molecule has 1 heterocycles. The predicted octanol–water partition coefficient (Wildman–Crippen LogP) is 3.14. The van der Waals surface area contributed by atoms with Gasteiger partial charge in [0.25, 0.3) is 0 Å². The Morgan fingerprint density at radius 3 is 2.67 bits per heavy atom. The van der Waals surface area contributed by atoms with E-state index in [9.17, 15) is 0 Å². The molecule has 1 aromatic heterocycles. The highest BCUT2D eigenvalue weighted by atomic mass is 35.5. The van der Waals surface area contributed by atoms with E-state index in [2.05, 4.69) is 30.3 Å². The monoisotopic (exact) mass is 265 g/mol. The molecule has 0 aliphatic carbocycles. The van der Waals surface area contributed by atoms with Gasteiger partial charge < -0.3 is 10.3 Å². The molecule has 0 aliphatic heterocycles. The Hall–Kier alpha value is -1.06. The quantitative estimate of drug-likeness (QED) is 0.907. The number of nitrogens with zero attached hydrogens (tertiary/aromatic N) is 2. The zero-order valence-corrected chi connectivity index (χ0v) is 12.1. The molecule has 2 aromatic rings. The number of benzene rings is 1. The SMILES string of the molecule is Cn1c(CC(N)C(C)(C)C)nc2ccc(Cl)cc21. The van der Waals surface area contributed by atoms with Crippen LogP contribution in [0.2, 0.25) is 5.02 Å². The molecule has 0 bridgehead atoms. The number of rotatable bonds is 2. The van der Waals surface area contributed by atoms with Crippen molar-refractivity contribution in [2.24, 2.45) is 18.2 Å². The first-order valence-corrected chi connectivity index (χ1v) is 6.53. The largest absolute Gasteiger partial charge is 0.331 e. The van der Waals surface area contributed by atoms with Gasteiger partial charge in [0, 0.05) is 24.5 Å². The molecule has 1 unspecified atom stereocenters. The highest BCUT2D eigenvalue weighted by Gasteiger charge is 2.23. The van der Waals surface area contributed by atoms with Gasteiger partial charge in [-0.25, -0.2) is 4.98 Å². The fourth-order valence-corrected chi connectivity index (χ4v) is 2.06. The van der Waals surface area contributed by atoms with Gasteiger partial charge in [0.2, 0.25) is 0 Å². The Labute approximate surface area is 113 Å². The van der Waals surface area contributed by atoms with E-state index in [4.69, 9.17) is 17.3 Å². The lowest BCUT2D eigenvalue weighted by Gasteiger charge is -2.26. The maximum atomic E-state index is 6.22. The summed E-state index contributed by atoms with van der Waals surface area (Å²) in [4.78, 5) is 4.63. The lowest BCUT2D eigenvalue weighted by Crippen LogP contribution is -2.37. The van der Waals surface area contributed by atoms with Crippen molar-refractivity contribution in [1.82, 2.24) is 9.55 Å². The number of nitrogens with two attached hydrogens (primary N) is 1. The van der Waals surface area contributed by atoms with Gasteiger partial charge in [-0.1, -0.05) is 32.4 Å². The summed E-state index contributed by atoms with van der Waals surface area (Å²) in [6.45, 7) is 6.45. The van der Waals surface area contributed by atoms with E-state index in [0.717, 1.165) is 28.3 Å². The van der Waals surface area contributed by atoms with Gasteiger partial charge in [-0.05, 0) is 23.6 Å². The third-order valence-corrected chi connectivity index (χ3v) is 3.69. The van der Waals surface area contributed by atoms with Crippen LogP contribution in [0.4, 0.5) is 0 Å². The zero-order chi connectivity index (χ0) is 13.5. The zero-order valence-electron chi connectivity index (χ0n) is 11.4. The van der Waals surface area contributed by atoms with Crippen LogP contribution in [0.1, 0.15) is 26.6 Å². The molecule has 0 spiro atoms. The molecule has 0 aliphatic rings. The molecule has 2 rings (SSSR count). The highest BCUT2D eigenvalue weighted by Crippen LogP contribution is 2.24. The van der Waals surface area contributed by atoms with E-state index >= 15 is 0 Å². The van der Waals surface area contributed by atoms with Crippen molar-refractivity contribution in [1.29, 1.82) is 0 Å². The average Bonchev–Trinajstić information content (AvgIpc) is 2.55. The second-order valence-electron chi connectivity index (χ2n) is 5.90. The second kappa shape index (κ2) is 4.56. The van der Waals surface area contributed by atoms with Crippen LogP contribution in [0.25, 0.3) is 11.0 Å². The molecule has 2 N–H and O–H groups in total. The molecule has 1 atom stereocenters. The molecule has 4 heteroatoms. The third kappa shape index (κ3) is 2.52.